The Balaban J connectivity index is 1.73. The normalized spacial score (nSPS) is 15.7. The molecule has 33 heavy (non-hydrogen) atoms. The maximum atomic E-state index is 14.3. The van der Waals surface area contributed by atoms with Crippen molar-refractivity contribution in [3.05, 3.63) is 70.5 Å². The second-order valence-electron chi connectivity index (χ2n) is 7.75. The number of amides is 2. The van der Waals surface area contributed by atoms with Crippen LogP contribution in [0.2, 0.25) is 0 Å². The van der Waals surface area contributed by atoms with Gasteiger partial charge in [-0.25, -0.2) is 13.2 Å². The number of rotatable bonds is 6. The molecule has 1 heterocycles. The summed E-state index contributed by atoms with van der Waals surface area (Å²) in [7, 11) is 0. The van der Waals surface area contributed by atoms with E-state index >= 15 is 0 Å². The lowest BCUT2D eigenvalue weighted by Gasteiger charge is -2.37. The van der Waals surface area contributed by atoms with E-state index in [2.05, 4.69) is 16.0 Å². The molecule has 1 aliphatic rings. The lowest BCUT2D eigenvalue weighted by Crippen LogP contribution is -2.63. The van der Waals surface area contributed by atoms with Crippen LogP contribution in [-0.2, 0) is 28.7 Å². The van der Waals surface area contributed by atoms with E-state index in [0.29, 0.717) is 25.2 Å². The van der Waals surface area contributed by atoms with Crippen LogP contribution in [0.4, 0.5) is 26.3 Å². The van der Waals surface area contributed by atoms with Crippen LogP contribution in [-0.4, -0.2) is 30.4 Å². The van der Waals surface area contributed by atoms with Crippen LogP contribution in [0.15, 0.2) is 36.4 Å². The predicted octanol–water partition coefficient (Wildman–Crippen LogP) is 3.22. The van der Waals surface area contributed by atoms with Crippen LogP contribution in [0.1, 0.15) is 29.5 Å². The van der Waals surface area contributed by atoms with Gasteiger partial charge in [0.1, 0.15) is 23.0 Å². The number of hydrogen-bond donors (Lipinski definition) is 3. The zero-order chi connectivity index (χ0) is 24.2. The van der Waals surface area contributed by atoms with Crippen molar-refractivity contribution in [3.8, 4) is 0 Å². The number of benzene rings is 2. The lowest BCUT2D eigenvalue weighted by atomic mass is 9.86. The van der Waals surface area contributed by atoms with E-state index in [0.717, 1.165) is 18.2 Å². The van der Waals surface area contributed by atoms with Gasteiger partial charge in [0.25, 0.3) is 0 Å². The highest BCUT2D eigenvalue weighted by atomic mass is 19.4. The first-order valence-electron chi connectivity index (χ1n) is 10.1. The minimum absolute atomic E-state index is 0.0335. The van der Waals surface area contributed by atoms with Crippen LogP contribution in [0.3, 0.4) is 0 Å². The predicted molar refractivity (Wildman–Crippen MR) is 106 cm³/mol. The zero-order valence-corrected chi connectivity index (χ0v) is 17.3. The maximum Gasteiger partial charge on any atom is 0.419 e. The van der Waals surface area contributed by atoms with Crippen LogP contribution in [0, 0.1) is 17.5 Å². The van der Waals surface area contributed by atoms with Crippen molar-refractivity contribution in [1.82, 2.24) is 16.0 Å². The van der Waals surface area contributed by atoms with Gasteiger partial charge in [-0.3, -0.25) is 9.59 Å². The Kier molecular flexibility index (Phi) is 7.31. The molecule has 0 atom stereocenters. The largest absolute Gasteiger partial charge is 0.419 e. The Morgan fingerprint density at radius 1 is 1.00 bits per heavy atom. The molecular formula is C22H21F6N3O2. The van der Waals surface area contributed by atoms with E-state index in [1.165, 1.54) is 6.07 Å². The van der Waals surface area contributed by atoms with Crippen molar-refractivity contribution in [3.63, 3.8) is 0 Å². The SMILES string of the molecule is O=C(Cc1cccc(C(F)(F)F)c1F)NC1(C(=O)NCc2ccc(F)cc2F)CCNCC1. The molecule has 0 aliphatic carbocycles. The van der Waals surface area contributed by atoms with E-state index in [9.17, 15) is 35.9 Å². The van der Waals surface area contributed by atoms with E-state index in [1.54, 1.807) is 0 Å². The molecule has 178 valence electrons. The third-order valence-electron chi connectivity index (χ3n) is 5.46. The van der Waals surface area contributed by atoms with Gasteiger partial charge >= 0.3 is 6.18 Å². The summed E-state index contributed by atoms with van der Waals surface area (Å²) in [6.45, 7) is 0.450. The molecule has 3 rings (SSSR count). The average molecular weight is 473 g/mol. The highest BCUT2D eigenvalue weighted by Crippen LogP contribution is 2.32. The Morgan fingerprint density at radius 3 is 2.33 bits per heavy atom. The monoisotopic (exact) mass is 473 g/mol. The van der Waals surface area contributed by atoms with Gasteiger partial charge in [0, 0.05) is 18.2 Å². The third-order valence-corrected chi connectivity index (χ3v) is 5.46. The van der Waals surface area contributed by atoms with Gasteiger partial charge in [-0.1, -0.05) is 18.2 Å². The van der Waals surface area contributed by atoms with E-state index in [4.69, 9.17) is 0 Å². The van der Waals surface area contributed by atoms with Crippen LogP contribution < -0.4 is 16.0 Å². The highest BCUT2D eigenvalue weighted by molar-refractivity contribution is 5.92. The second-order valence-corrected chi connectivity index (χ2v) is 7.75. The molecule has 2 aromatic rings. The minimum Gasteiger partial charge on any atom is -0.350 e. The van der Waals surface area contributed by atoms with Crippen LogP contribution in [0.25, 0.3) is 0 Å². The number of alkyl halides is 3. The Hall–Kier alpha value is -3.08. The molecule has 0 spiro atoms. The van der Waals surface area contributed by atoms with E-state index < -0.39 is 58.5 Å². The van der Waals surface area contributed by atoms with Gasteiger partial charge in [0.15, 0.2) is 0 Å². The summed E-state index contributed by atoms with van der Waals surface area (Å²) in [5.41, 5.74) is -3.33. The molecule has 1 saturated heterocycles. The second kappa shape index (κ2) is 9.82. The summed E-state index contributed by atoms with van der Waals surface area (Å²) in [6, 6.07) is 5.53. The summed E-state index contributed by atoms with van der Waals surface area (Å²) in [5.74, 6) is -4.63. The van der Waals surface area contributed by atoms with Gasteiger partial charge in [-0.2, -0.15) is 13.2 Å². The quantitative estimate of drug-likeness (QED) is 0.565. The minimum atomic E-state index is -4.91. The van der Waals surface area contributed by atoms with Crippen molar-refractivity contribution in [2.45, 2.75) is 37.5 Å². The topological polar surface area (TPSA) is 70.2 Å². The van der Waals surface area contributed by atoms with Crippen molar-refractivity contribution in [2.24, 2.45) is 0 Å². The number of piperidine rings is 1. The number of nitrogens with one attached hydrogen (secondary N) is 3. The summed E-state index contributed by atoms with van der Waals surface area (Å²) >= 11 is 0. The Labute approximate surface area is 185 Å². The van der Waals surface area contributed by atoms with Gasteiger partial charge in [-0.15, -0.1) is 0 Å². The first-order valence-corrected chi connectivity index (χ1v) is 10.1. The number of halogens is 6. The first kappa shape index (κ1) is 24.6. The highest BCUT2D eigenvalue weighted by Gasteiger charge is 2.41. The fourth-order valence-electron chi connectivity index (χ4n) is 3.69. The van der Waals surface area contributed by atoms with Crippen molar-refractivity contribution < 1.29 is 35.9 Å². The van der Waals surface area contributed by atoms with Crippen molar-refractivity contribution >= 4 is 11.8 Å². The molecule has 11 heteroatoms. The summed E-state index contributed by atoms with van der Waals surface area (Å²) in [5, 5.41) is 8.07. The fraction of sp³-hybridized carbons (Fsp3) is 0.364. The van der Waals surface area contributed by atoms with Gasteiger partial charge in [0.05, 0.1) is 12.0 Å². The molecule has 0 bridgehead atoms. The van der Waals surface area contributed by atoms with Gasteiger partial charge < -0.3 is 16.0 Å². The number of hydrogen-bond acceptors (Lipinski definition) is 3. The first-order chi connectivity index (χ1) is 15.5. The molecule has 1 fully saturated rings. The summed E-state index contributed by atoms with van der Waals surface area (Å²) in [6.07, 6.45) is -5.31. The average Bonchev–Trinajstić information content (AvgIpc) is 2.74. The standard InChI is InChI=1S/C22H21F6N3O2/c23-15-5-4-14(17(24)11-15)12-30-20(33)21(6-8-29-9-7-21)31-18(32)10-13-2-1-3-16(19(13)25)22(26,27)28/h1-5,11,29H,6-10,12H2,(H,30,33)(H,31,32). The number of carbonyl (C=O) groups excluding carboxylic acids is 2. The van der Waals surface area contributed by atoms with Crippen molar-refractivity contribution in [2.75, 3.05) is 13.1 Å². The molecule has 0 unspecified atom stereocenters. The van der Waals surface area contributed by atoms with E-state index in [-0.39, 0.29) is 24.9 Å². The fourth-order valence-corrected chi connectivity index (χ4v) is 3.69. The molecule has 0 saturated carbocycles. The molecule has 3 N–H and O–H groups in total. The lowest BCUT2D eigenvalue weighted by molar-refractivity contribution is -0.140. The molecular weight excluding hydrogens is 452 g/mol. The smallest absolute Gasteiger partial charge is 0.350 e. The van der Waals surface area contributed by atoms with Crippen molar-refractivity contribution in [1.29, 1.82) is 0 Å². The molecule has 2 aromatic carbocycles. The van der Waals surface area contributed by atoms with Gasteiger partial charge in [-0.05, 0) is 43.6 Å². The van der Waals surface area contributed by atoms with Crippen LogP contribution in [0.5, 0.6) is 0 Å². The molecule has 2 amide bonds. The van der Waals surface area contributed by atoms with E-state index in [1.807, 2.05) is 0 Å². The molecule has 5 nitrogen and oxygen atoms in total. The zero-order valence-electron chi connectivity index (χ0n) is 17.3. The summed E-state index contributed by atoms with van der Waals surface area (Å²) in [4.78, 5) is 25.5. The molecule has 0 radical (unpaired) electrons. The van der Waals surface area contributed by atoms with Gasteiger partial charge in [0.2, 0.25) is 11.8 Å². The maximum absolute atomic E-state index is 14.3. The van der Waals surface area contributed by atoms with Crippen LogP contribution >= 0.6 is 0 Å². The third kappa shape index (κ3) is 5.84. The summed E-state index contributed by atoms with van der Waals surface area (Å²) < 4.78 is 80.0. The molecule has 1 aliphatic heterocycles. The number of carbonyl (C=O) groups is 2. The molecule has 0 aromatic heterocycles. The Bertz CT molecular complexity index is 1040. The Morgan fingerprint density at radius 2 is 1.70 bits per heavy atom.